The summed E-state index contributed by atoms with van der Waals surface area (Å²) < 4.78 is 5.34. The van der Waals surface area contributed by atoms with E-state index < -0.39 is 6.04 Å². The first-order chi connectivity index (χ1) is 12.5. The standard InChI is InChI=1S/C20H29N3O3/c1-13-8-9-18(26-2)16(11-13)22-19(24)17-7-4-10-23(17)20(25)14-5-3-6-15(21)12-14/h8-9,11,14-15,17H,3-7,10,12,21H2,1-2H3,(H,22,24). The number of hydrogen-bond acceptors (Lipinski definition) is 4. The van der Waals surface area contributed by atoms with E-state index in [-0.39, 0.29) is 23.8 Å². The van der Waals surface area contributed by atoms with E-state index in [0.717, 1.165) is 37.7 Å². The van der Waals surface area contributed by atoms with E-state index in [2.05, 4.69) is 5.32 Å². The maximum atomic E-state index is 13.0. The van der Waals surface area contributed by atoms with Crippen LogP contribution in [0, 0.1) is 12.8 Å². The van der Waals surface area contributed by atoms with Crippen LogP contribution in [0.4, 0.5) is 5.69 Å². The summed E-state index contributed by atoms with van der Waals surface area (Å²) in [5, 5.41) is 2.96. The van der Waals surface area contributed by atoms with Gasteiger partial charge in [-0.3, -0.25) is 9.59 Å². The lowest BCUT2D eigenvalue weighted by atomic mass is 9.85. The first kappa shape index (κ1) is 18.7. The Hall–Kier alpha value is -2.08. The Labute approximate surface area is 155 Å². The molecule has 3 unspecified atom stereocenters. The Bertz CT molecular complexity index is 676. The fourth-order valence-corrected chi connectivity index (χ4v) is 4.13. The van der Waals surface area contributed by atoms with Crippen molar-refractivity contribution in [2.24, 2.45) is 11.7 Å². The van der Waals surface area contributed by atoms with Gasteiger partial charge in [0.2, 0.25) is 11.8 Å². The van der Waals surface area contributed by atoms with Crippen LogP contribution in [0.5, 0.6) is 5.75 Å². The molecule has 1 heterocycles. The number of likely N-dealkylation sites (tertiary alicyclic amines) is 1. The van der Waals surface area contributed by atoms with Crippen molar-refractivity contribution < 1.29 is 14.3 Å². The minimum atomic E-state index is -0.411. The number of carbonyl (C=O) groups is 2. The van der Waals surface area contributed by atoms with Crippen LogP contribution in [-0.4, -0.2) is 42.5 Å². The fraction of sp³-hybridized carbons (Fsp3) is 0.600. The Kier molecular flexibility index (Phi) is 5.81. The molecule has 1 aliphatic heterocycles. The van der Waals surface area contributed by atoms with Gasteiger partial charge in [-0.25, -0.2) is 0 Å². The van der Waals surface area contributed by atoms with Crippen LogP contribution in [0.1, 0.15) is 44.1 Å². The molecule has 1 aromatic rings. The predicted octanol–water partition coefficient (Wildman–Crippen LogP) is 2.45. The summed E-state index contributed by atoms with van der Waals surface area (Å²) in [6.45, 7) is 2.61. The number of ether oxygens (including phenoxy) is 1. The monoisotopic (exact) mass is 359 g/mol. The highest BCUT2D eigenvalue weighted by Crippen LogP contribution is 2.30. The van der Waals surface area contributed by atoms with Gasteiger partial charge in [0, 0.05) is 18.5 Å². The largest absolute Gasteiger partial charge is 0.495 e. The van der Waals surface area contributed by atoms with Gasteiger partial charge >= 0.3 is 0 Å². The molecular formula is C20H29N3O3. The number of rotatable bonds is 4. The molecule has 0 bridgehead atoms. The summed E-state index contributed by atoms with van der Waals surface area (Å²) in [5.41, 5.74) is 7.73. The molecule has 1 aromatic carbocycles. The van der Waals surface area contributed by atoms with E-state index in [1.54, 1.807) is 12.0 Å². The summed E-state index contributed by atoms with van der Waals surface area (Å²) in [4.78, 5) is 27.6. The summed E-state index contributed by atoms with van der Waals surface area (Å²) in [5.74, 6) is 0.535. The highest BCUT2D eigenvalue weighted by Gasteiger charge is 2.38. The number of carbonyl (C=O) groups excluding carboxylic acids is 2. The Morgan fingerprint density at radius 1 is 1.23 bits per heavy atom. The molecule has 2 aliphatic rings. The number of aryl methyl sites for hydroxylation is 1. The molecule has 26 heavy (non-hydrogen) atoms. The number of anilines is 1. The van der Waals surface area contributed by atoms with Crippen LogP contribution in [0.2, 0.25) is 0 Å². The van der Waals surface area contributed by atoms with E-state index in [9.17, 15) is 9.59 Å². The second kappa shape index (κ2) is 8.08. The third-order valence-electron chi connectivity index (χ3n) is 5.52. The van der Waals surface area contributed by atoms with Gasteiger partial charge < -0.3 is 20.7 Å². The van der Waals surface area contributed by atoms with Crippen molar-refractivity contribution in [3.8, 4) is 5.75 Å². The van der Waals surface area contributed by atoms with Crippen LogP contribution < -0.4 is 15.8 Å². The van der Waals surface area contributed by atoms with Gasteiger partial charge in [0.1, 0.15) is 11.8 Å². The lowest BCUT2D eigenvalue weighted by Crippen LogP contribution is -2.47. The van der Waals surface area contributed by atoms with Crippen molar-refractivity contribution in [2.75, 3.05) is 19.0 Å². The summed E-state index contributed by atoms with van der Waals surface area (Å²) in [6.07, 6.45) is 5.14. The minimum Gasteiger partial charge on any atom is -0.495 e. The van der Waals surface area contributed by atoms with Gasteiger partial charge in [0.15, 0.2) is 0 Å². The summed E-state index contributed by atoms with van der Waals surface area (Å²) in [6, 6.07) is 5.35. The van der Waals surface area contributed by atoms with Crippen molar-refractivity contribution in [1.29, 1.82) is 0 Å². The molecule has 1 saturated carbocycles. The second-order valence-electron chi connectivity index (χ2n) is 7.51. The third-order valence-corrected chi connectivity index (χ3v) is 5.52. The molecule has 0 spiro atoms. The topological polar surface area (TPSA) is 84.7 Å². The molecule has 2 fully saturated rings. The Balaban J connectivity index is 1.70. The molecule has 6 nitrogen and oxygen atoms in total. The number of amides is 2. The zero-order valence-corrected chi connectivity index (χ0v) is 15.7. The quantitative estimate of drug-likeness (QED) is 0.865. The van der Waals surface area contributed by atoms with E-state index in [1.165, 1.54) is 0 Å². The average Bonchev–Trinajstić information content (AvgIpc) is 3.11. The number of hydrogen-bond donors (Lipinski definition) is 2. The Morgan fingerprint density at radius 3 is 2.77 bits per heavy atom. The normalized spacial score (nSPS) is 25.8. The number of nitrogens with zero attached hydrogens (tertiary/aromatic N) is 1. The summed E-state index contributed by atoms with van der Waals surface area (Å²) >= 11 is 0. The Morgan fingerprint density at radius 2 is 2.04 bits per heavy atom. The third kappa shape index (κ3) is 4.01. The molecule has 1 saturated heterocycles. The highest BCUT2D eigenvalue weighted by molar-refractivity contribution is 5.98. The van der Waals surface area contributed by atoms with Gasteiger partial charge in [-0.15, -0.1) is 0 Å². The molecule has 3 atom stereocenters. The van der Waals surface area contributed by atoms with E-state index >= 15 is 0 Å². The molecule has 2 amide bonds. The first-order valence-corrected chi connectivity index (χ1v) is 9.51. The SMILES string of the molecule is COc1ccc(C)cc1NC(=O)C1CCCN1C(=O)C1CCCC(N)C1. The van der Waals surface area contributed by atoms with Crippen LogP contribution in [0.3, 0.4) is 0 Å². The van der Waals surface area contributed by atoms with Crippen molar-refractivity contribution in [2.45, 2.75) is 57.5 Å². The zero-order chi connectivity index (χ0) is 18.7. The predicted molar refractivity (Wildman–Crippen MR) is 101 cm³/mol. The minimum absolute atomic E-state index is 0.0411. The maximum absolute atomic E-state index is 13.0. The van der Waals surface area contributed by atoms with Crippen molar-refractivity contribution >= 4 is 17.5 Å². The molecule has 6 heteroatoms. The smallest absolute Gasteiger partial charge is 0.247 e. The highest BCUT2D eigenvalue weighted by atomic mass is 16.5. The molecule has 1 aliphatic carbocycles. The van der Waals surface area contributed by atoms with Crippen LogP contribution in [-0.2, 0) is 9.59 Å². The van der Waals surface area contributed by atoms with Crippen LogP contribution in [0.25, 0.3) is 0 Å². The number of nitrogens with two attached hydrogens (primary N) is 1. The van der Waals surface area contributed by atoms with Crippen molar-refractivity contribution in [3.05, 3.63) is 23.8 Å². The van der Waals surface area contributed by atoms with E-state index in [1.807, 2.05) is 25.1 Å². The molecule has 142 valence electrons. The van der Waals surface area contributed by atoms with Crippen molar-refractivity contribution in [3.63, 3.8) is 0 Å². The van der Waals surface area contributed by atoms with Gasteiger partial charge in [-0.2, -0.15) is 0 Å². The zero-order valence-electron chi connectivity index (χ0n) is 15.7. The van der Waals surface area contributed by atoms with E-state index in [4.69, 9.17) is 10.5 Å². The lowest BCUT2D eigenvalue weighted by molar-refractivity contribution is -0.141. The molecular weight excluding hydrogens is 330 g/mol. The average molecular weight is 359 g/mol. The molecule has 0 radical (unpaired) electrons. The fourth-order valence-electron chi connectivity index (χ4n) is 4.13. The first-order valence-electron chi connectivity index (χ1n) is 9.51. The molecule has 3 N–H and O–H groups in total. The molecule has 0 aromatic heterocycles. The van der Waals surface area contributed by atoms with Crippen LogP contribution >= 0.6 is 0 Å². The number of benzene rings is 1. The van der Waals surface area contributed by atoms with Crippen molar-refractivity contribution in [1.82, 2.24) is 4.90 Å². The number of methoxy groups -OCH3 is 1. The van der Waals surface area contributed by atoms with Gasteiger partial charge in [-0.1, -0.05) is 12.5 Å². The summed E-state index contributed by atoms with van der Waals surface area (Å²) in [7, 11) is 1.58. The molecule has 3 rings (SSSR count). The van der Waals surface area contributed by atoms with Gasteiger partial charge in [0.05, 0.1) is 12.8 Å². The van der Waals surface area contributed by atoms with E-state index in [0.29, 0.717) is 24.4 Å². The number of nitrogens with one attached hydrogen (secondary N) is 1. The van der Waals surface area contributed by atoms with Crippen LogP contribution in [0.15, 0.2) is 18.2 Å². The maximum Gasteiger partial charge on any atom is 0.247 e. The van der Waals surface area contributed by atoms with Gasteiger partial charge in [-0.05, 0) is 56.7 Å². The van der Waals surface area contributed by atoms with Gasteiger partial charge in [0.25, 0.3) is 0 Å². The lowest BCUT2D eigenvalue weighted by Gasteiger charge is -2.32. The second-order valence-corrected chi connectivity index (χ2v) is 7.51.